The van der Waals surface area contributed by atoms with E-state index in [4.69, 9.17) is 0 Å². The molecule has 2 unspecified atom stereocenters. The zero-order valence-corrected chi connectivity index (χ0v) is 9.97. The number of aliphatic hydroxyl groups excluding tert-OH is 1. The van der Waals surface area contributed by atoms with Gasteiger partial charge in [0.1, 0.15) is 0 Å². The summed E-state index contributed by atoms with van der Waals surface area (Å²) in [6.07, 6.45) is 1.21. The van der Waals surface area contributed by atoms with Crippen molar-refractivity contribution in [3.8, 4) is 0 Å². The molecule has 0 aromatic heterocycles. The Balaban J connectivity index is 2.71. The number of alkyl halides is 2. The molecule has 2 heteroatoms. The van der Waals surface area contributed by atoms with Crippen LogP contribution in [-0.2, 0) is 0 Å². The summed E-state index contributed by atoms with van der Waals surface area (Å²) in [4.78, 5) is 0. The molecule has 1 nitrogen and oxygen atoms in total. The van der Waals surface area contributed by atoms with Crippen molar-refractivity contribution in [1.82, 2.24) is 0 Å². The van der Waals surface area contributed by atoms with Crippen LogP contribution in [0.5, 0.6) is 0 Å². The normalized spacial score (nSPS) is 43.5. The molecule has 1 aliphatic heterocycles. The third-order valence-electron chi connectivity index (χ3n) is 2.66. The Morgan fingerprint density at radius 3 is 2.18 bits per heavy atom. The molecule has 2 atom stereocenters. The van der Waals surface area contributed by atoms with Gasteiger partial charge in [0.05, 0.1) is 0 Å². The van der Waals surface area contributed by atoms with Gasteiger partial charge in [0.15, 0.2) is 0 Å². The molecule has 0 bridgehead atoms. The quantitative estimate of drug-likeness (QED) is 0.461. The van der Waals surface area contributed by atoms with Crippen LogP contribution in [0.25, 0.3) is 0 Å². The average Bonchev–Trinajstić information content (AvgIpc) is 2.04. The monoisotopic (exact) mass is 269 g/mol. The molecule has 0 spiro atoms. The Morgan fingerprint density at radius 2 is 2.00 bits per heavy atom. The van der Waals surface area contributed by atoms with E-state index in [9.17, 15) is 5.11 Å². The van der Waals surface area contributed by atoms with E-state index < -0.39 is 0 Å². The molecule has 1 aliphatic rings. The van der Waals surface area contributed by atoms with Crippen molar-refractivity contribution in [3.63, 3.8) is 0 Å². The topological polar surface area (TPSA) is 20.2 Å². The van der Waals surface area contributed by atoms with Crippen molar-refractivity contribution in [2.24, 2.45) is 5.41 Å². The zero-order chi connectivity index (χ0) is 8.70. The van der Waals surface area contributed by atoms with Crippen LogP contribution < -0.4 is 21.2 Å². The predicted octanol–water partition coefficient (Wildman–Crippen LogP) is -1.36. The van der Waals surface area contributed by atoms with E-state index in [0.29, 0.717) is 15.4 Å². The van der Waals surface area contributed by atoms with Crippen molar-refractivity contribution in [3.05, 3.63) is 0 Å². The first-order chi connectivity index (χ1) is 4.90. The average molecular weight is 269 g/mol. The molecule has 0 aromatic carbocycles. The van der Waals surface area contributed by atoms with Gasteiger partial charge in [-0.05, 0) is 0 Å². The van der Waals surface area contributed by atoms with Gasteiger partial charge in [-0.15, -0.1) is 0 Å². The molecule has 0 amide bonds. The van der Waals surface area contributed by atoms with E-state index in [2.05, 4.69) is 27.7 Å². The van der Waals surface area contributed by atoms with Crippen LogP contribution in [0, 0.1) is 5.41 Å². The fourth-order valence-corrected chi connectivity index (χ4v) is 6.48. The Morgan fingerprint density at radius 1 is 1.45 bits per heavy atom. The molecule has 1 rings (SSSR count). The molecule has 68 valence electrons. The predicted molar refractivity (Wildman–Crippen MR) is 43.4 cm³/mol. The fourth-order valence-electron chi connectivity index (χ4n) is 1.76. The van der Waals surface area contributed by atoms with Crippen LogP contribution >= 0.6 is 0 Å². The van der Waals surface area contributed by atoms with Crippen molar-refractivity contribution in [2.45, 2.75) is 41.5 Å². The van der Waals surface area contributed by atoms with Gasteiger partial charge in [-0.2, -0.15) is 0 Å². The second-order valence-corrected chi connectivity index (χ2v) is 9.56. The number of rotatable bonds is 1. The molecule has 0 saturated carbocycles. The Kier molecular flexibility index (Phi) is 2.55. The molecule has 1 saturated heterocycles. The molecular formula is C9H18IO-. The summed E-state index contributed by atoms with van der Waals surface area (Å²) in [6.45, 7) is 9.64. The molecule has 1 heterocycles. The van der Waals surface area contributed by atoms with Gasteiger partial charge >= 0.3 is 79.8 Å². The molecule has 1 fully saturated rings. The van der Waals surface area contributed by atoms with E-state index in [0.717, 1.165) is 3.92 Å². The second-order valence-electron chi connectivity index (χ2n) is 4.46. The van der Waals surface area contributed by atoms with Gasteiger partial charge < -0.3 is 0 Å². The van der Waals surface area contributed by atoms with E-state index in [-0.39, 0.29) is 21.2 Å². The third-order valence-corrected chi connectivity index (χ3v) is 7.50. The molecule has 0 radical (unpaired) electrons. The molecule has 0 aromatic rings. The van der Waals surface area contributed by atoms with Crippen LogP contribution in [0.15, 0.2) is 0 Å². The van der Waals surface area contributed by atoms with Crippen molar-refractivity contribution >= 4 is 0 Å². The van der Waals surface area contributed by atoms with Gasteiger partial charge in [0, 0.05) is 0 Å². The van der Waals surface area contributed by atoms with Crippen LogP contribution in [0.4, 0.5) is 0 Å². The summed E-state index contributed by atoms with van der Waals surface area (Å²) >= 11 is 0.190. The number of halogens is 1. The van der Waals surface area contributed by atoms with E-state index in [1.807, 2.05) is 0 Å². The molecule has 11 heavy (non-hydrogen) atoms. The SMILES string of the molecule is CC1[I-]C(C)(CO)CC1(C)C. The Hall–Kier alpha value is 0.690. The van der Waals surface area contributed by atoms with Gasteiger partial charge in [-0.25, -0.2) is 0 Å². The van der Waals surface area contributed by atoms with E-state index in [1.54, 1.807) is 0 Å². The molecule has 1 N–H and O–H groups in total. The molecular weight excluding hydrogens is 251 g/mol. The summed E-state index contributed by atoms with van der Waals surface area (Å²) in [6, 6.07) is 0. The number of hydrogen-bond donors (Lipinski definition) is 1. The van der Waals surface area contributed by atoms with Gasteiger partial charge in [0.25, 0.3) is 0 Å². The Labute approximate surface area is 79.8 Å². The number of aliphatic hydroxyl groups is 1. The van der Waals surface area contributed by atoms with Crippen LogP contribution in [0.2, 0.25) is 0 Å². The summed E-state index contributed by atoms with van der Waals surface area (Å²) in [7, 11) is 0. The summed E-state index contributed by atoms with van der Waals surface area (Å²) < 4.78 is 1.17. The first-order valence-corrected chi connectivity index (χ1v) is 6.47. The van der Waals surface area contributed by atoms with Gasteiger partial charge in [0.2, 0.25) is 0 Å². The maximum atomic E-state index is 9.20. The van der Waals surface area contributed by atoms with Crippen molar-refractivity contribution < 1.29 is 26.3 Å². The van der Waals surface area contributed by atoms with E-state index >= 15 is 0 Å². The Bertz CT molecular complexity index is 156. The van der Waals surface area contributed by atoms with Crippen LogP contribution in [0.3, 0.4) is 0 Å². The standard InChI is InChI=1S/C9H18IO/c1-7-8(2,3)5-9(4,6-11)10-7/h7,11H,5-6H2,1-4H3/q-1. The first kappa shape index (κ1) is 9.78. The fraction of sp³-hybridized carbons (Fsp3) is 1.00. The number of hydrogen-bond acceptors (Lipinski definition) is 1. The minimum absolute atomic E-state index is 0.190. The summed E-state index contributed by atoms with van der Waals surface area (Å²) in [5.41, 5.74) is 0.477. The van der Waals surface area contributed by atoms with Crippen LogP contribution in [0.1, 0.15) is 34.1 Å². The summed E-state index contributed by atoms with van der Waals surface area (Å²) in [5, 5.41) is 9.20. The molecule has 0 aliphatic carbocycles. The van der Waals surface area contributed by atoms with Gasteiger partial charge in [-0.1, -0.05) is 0 Å². The zero-order valence-electron chi connectivity index (χ0n) is 7.82. The third kappa shape index (κ3) is 1.89. The first-order valence-electron chi connectivity index (χ1n) is 4.15. The maximum absolute atomic E-state index is 9.20. The van der Waals surface area contributed by atoms with Crippen LogP contribution in [-0.4, -0.2) is 19.1 Å². The minimum atomic E-state index is 0.190. The van der Waals surface area contributed by atoms with Gasteiger partial charge in [-0.3, -0.25) is 0 Å². The van der Waals surface area contributed by atoms with E-state index in [1.165, 1.54) is 6.42 Å². The summed E-state index contributed by atoms with van der Waals surface area (Å²) in [5.74, 6) is 0. The second kappa shape index (κ2) is 2.87. The van der Waals surface area contributed by atoms with Crippen molar-refractivity contribution in [2.75, 3.05) is 6.61 Å². The van der Waals surface area contributed by atoms with Crippen molar-refractivity contribution in [1.29, 1.82) is 0 Å².